The van der Waals surface area contributed by atoms with Gasteiger partial charge in [0, 0.05) is 23.2 Å². The molecule has 9 nitrogen and oxygen atoms in total. The van der Waals surface area contributed by atoms with Gasteiger partial charge in [-0.15, -0.1) is 5.10 Å². The van der Waals surface area contributed by atoms with Gasteiger partial charge in [0.15, 0.2) is 0 Å². The van der Waals surface area contributed by atoms with Crippen molar-refractivity contribution in [1.82, 2.24) is 29.5 Å². The zero-order valence-electron chi connectivity index (χ0n) is 16.4. The van der Waals surface area contributed by atoms with Crippen LogP contribution in [0.15, 0.2) is 47.5 Å². The number of fused-ring (bicyclic) bond motifs is 1. The van der Waals surface area contributed by atoms with Gasteiger partial charge >= 0.3 is 0 Å². The van der Waals surface area contributed by atoms with E-state index in [9.17, 15) is 4.79 Å². The molecule has 2 N–H and O–H groups in total. The van der Waals surface area contributed by atoms with E-state index >= 15 is 0 Å². The molecule has 4 rings (SSSR count). The lowest BCUT2D eigenvalue weighted by molar-refractivity contribution is 0.419. The van der Waals surface area contributed by atoms with Crippen LogP contribution in [-0.2, 0) is 6.54 Å². The molecule has 29 heavy (non-hydrogen) atoms. The third kappa shape index (κ3) is 3.42. The Balaban J connectivity index is 1.74. The largest absolute Gasteiger partial charge is 0.494 e. The standard InChI is InChI=1S/C20H21N7O2/c1-12(2)27-9-5-6-13(19(27)28)10-26-11-15(24-25-26)17-14-7-4-8-16(29-3)18(14)23-20(21)22-17/h4-9,11-12H,10H2,1-3H3,(H2,21,22,23). The number of nitrogen functional groups attached to an aromatic ring is 1. The van der Waals surface area contributed by atoms with Gasteiger partial charge in [-0.05, 0) is 26.0 Å². The van der Waals surface area contributed by atoms with Crippen LogP contribution in [0, 0.1) is 0 Å². The summed E-state index contributed by atoms with van der Waals surface area (Å²) in [6, 6.07) is 9.28. The summed E-state index contributed by atoms with van der Waals surface area (Å²) in [6.45, 7) is 4.25. The number of pyridine rings is 1. The van der Waals surface area contributed by atoms with Gasteiger partial charge in [0.2, 0.25) is 5.95 Å². The van der Waals surface area contributed by atoms with E-state index in [0.29, 0.717) is 34.8 Å². The number of rotatable bonds is 5. The van der Waals surface area contributed by atoms with E-state index < -0.39 is 0 Å². The smallest absolute Gasteiger partial charge is 0.255 e. The van der Waals surface area contributed by atoms with Gasteiger partial charge in [-0.3, -0.25) is 4.79 Å². The summed E-state index contributed by atoms with van der Waals surface area (Å²) < 4.78 is 8.68. The Morgan fingerprint density at radius 3 is 2.76 bits per heavy atom. The van der Waals surface area contributed by atoms with Crippen LogP contribution < -0.4 is 16.0 Å². The molecule has 0 unspecified atom stereocenters. The molecule has 0 aliphatic carbocycles. The van der Waals surface area contributed by atoms with Gasteiger partial charge < -0.3 is 15.0 Å². The summed E-state index contributed by atoms with van der Waals surface area (Å²) in [5, 5.41) is 9.16. The molecule has 0 saturated heterocycles. The minimum atomic E-state index is -0.0407. The minimum Gasteiger partial charge on any atom is -0.494 e. The van der Waals surface area contributed by atoms with Gasteiger partial charge in [-0.1, -0.05) is 23.4 Å². The molecule has 4 aromatic rings. The van der Waals surface area contributed by atoms with E-state index in [1.807, 2.05) is 38.1 Å². The van der Waals surface area contributed by atoms with Crippen LogP contribution in [0.3, 0.4) is 0 Å². The molecule has 9 heteroatoms. The number of aromatic nitrogens is 6. The van der Waals surface area contributed by atoms with Gasteiger partial charge in [0.25, 0.3) is 5.56 Å². The van der Waals surface area contributed by atoms with Gasteiger partial charge in [0.1, 0.15) is 22.7 Å². The predicted molar refractivity (Wildman–Crippen MR) is 110 cm³/mol. The molecule has 0 radical (unpaired) electrons. The zero-order chi connectivity index (χ0) is 20.5. The maximum absolute atomic E-state index is 12.6. The third-order valence-corrected chi connectivity index (χ3v) is 4.65. The number of hydrogen-bond acceptors (Lipinski definition) is 7. The topological polar surface area (TPSA) is 114 Å². The first-order valence-electron chi connectivity index (χ1n) is 9.18. The van der Waals surface area contributed by atoms with Crippen LogP contribution >= 0.6 is 0 Å². The fourth-order valence-corrected chi connectivity index (χ4v) is 3.25. The van der Waals surface area contributed by atoms with Gasteiger partial charge in [-0.25, -0.2) is 14.6 Å². The van der Waals surface area contributed by atoms with Crippen LogP contribution in [-0.4, -0.2) is 36.6 Å². The molecule has 0 saturated carbocycles. The van der Waals surface area contributed by atoms with Crippen LogP contribution in [0.4, 0.5) is 5.95 Å². The lowest BCUT2D eigenvalue weighted by atomic mass is 10.1. The molecule has 3 aromatic heterocycles. The zero-order valence-corrected chi connectivity index (χ0v) is 16.4. The summed E-state index contributed by atoms with van der Waals surface area (Å²) in [7, 11) is 1.58. The first-order valence-corrected chi connectivity index (χ1v) is 9.18. The molecule has 0 aliphatic heterocycles. The Kier molecular flexibility index (Phi) is 4.71. The monoisotopic (exact) mass is 391 g/mol. The Bertz CT molecular complexity index is 1240. The molecule has 0 spiro atoms. The van der Waals surface area contributed by atoms with E-state index in [-0.39, 0.29) is 17.5 Å². The fraction of sp³-hybridized carbons (Fsp3) is 0.250. The molecule has 0 bridgehead atoms. The number of anilines is 1. The molecule has 0 atom stereocenters. The third-order valence-electron chi connectivity index (χ3n) is 4.65. The highest BCUT2D eigenvalue weighted by atomic mass is 16.5. The Hall–Kier alpha value is -3.75. The second kappa shape index (κ2) is 7.34. The lowest BCUT2D eigenvalue weighted by Crippen LogP contribution is -2.25. The van der Waals surface area contributed by atoms with Crippen molar-refractivity contribution in [3.05, 3.63) is 58.6 Å². The number of ether oxygens (including phenoxy) is 1. The second-order valence-corrected chi connectivity index (χ2v) is 6.93. The van der Waals surface area contributed by atoms with Crippen LogP contribution in [0.1, 0.15) is 25.5 Å². The average molecular weight is 391 g/mol. The summed E-state index contributed by atoms with van der Waals surface area (Å²) in [5.41, 5.74) is 8.20. The number of methoxy groups -OCH3 is 1. The Labute approximate surface area is 166 Å². The Morgan fingerprint density at radius 2 is 2.00 bits per heavy atom. The van der Waals surface area contributed by atoms with Crippen molar-refractivity contribution in [2.45, 2.75) is 26.4 Å². The predicted octanol–water partition coefficient (Wildman–Crippen LogP) is 2.27. The number of nitrogens with two attached hydrogens (primary N) is 1. The highest BCUT2D eigenvalue weighted by Crippen LogP contribution is 2.30. The van der Waals surface area contributed by atoms with E-state index in [1.54, 1.807) is 34.8 Å². The highest BCUT2D eigenvalue weighted by molar-refractivity contribution is 5.95. The number of nitrogens with zero attached hydrogens (tertiary/aromatic N) is 6. The number of para-hydroxylation sites is 1. The van der Waals surface area contributed by atoms with Crippen molar-refractivity contribution in [1.29, 1.82) is 0 Å². The molecule has 0 aliphatic rings. The molecular weight excluding hydrogens is 370 g/mol. The van der Waals surface area contributed by atoms with Crippen molar-refractivity contribution in [3.63, 3.8) is 0 Å². The SMILES string of the molecule is COc1cccc2c(-c3cn(Cc4cccn(C(C)C)c4=O)nn3)nc(N)nc12. The molecule has 0 fully saturated rings. The van der Waals surface area contributed by atoms with Crippen molar-refractivity contribution in [3.8, 4) is 17.1 Å². The van der Waals surface area contributed by atoms with Crippen LogP contribution in [0.5, 0.6) is 5.75 Å². The molecular formula is C20H21N7O2. The summed E-state index contributed by atoms with van der Waals surface area (Å²) in [4.78, 5) is 21.3. The second-order valence-electron chi connectivity index (χ2n) is 6.93. The van der Waals surface area contributed by atoms with Crippen molar-refractivity contribution < 1.29 is 4.74 Å². The molecule has 1 aromatic carbocycles. The average Bonchev–Trinajstić information content (AvgIpc) is 3.16. The van der Waals surface area contributed by atoms with Crippen molar-refractivity contribution >= 4 is 16.9 Å². The quantitative estimate of drug-likeness (QED) is 0.555. The lowest BCUT2D eigenvalue weighted by Gasteiger charge is -2.11. The van der Waals surface area contributed by atoms with Gasteiger partial charge in [0.05, 0.1) is 19.9 Å². The number of hydrogen-bond donors (Lipinski definition) is 1. The van der Waals surface area contributed by atoms with Crippen LogP contribution in [0.25, 0.3) is 22.3 Å². The van der Waals surface area contributed by atoms with E-state index in [0.717, 1.165) is 5.39 Å². The van der Waals surface area contributed by atoms with E-state index in [1.165, 1.54) is 0 Å². The first-order chi connectivity index (χ1) is 14.0. The van der Waals surface area contributed by atoms with E-state index in [4.69, 9.17) is 10.5 Å². The molecule has 0 amide bonds. The highest BCUT2D eigenvalue weighted by Gasteiger charge is 2.15. The van der Waals surface area contributed by atoms with E-state index in [2.05, 4.69) is 20.3 Å². The fourth-order valence-electron chi connectivity index (χ4n) is 3.25. The van der Waals surface area contributed by atoms with Gasteiger partial charge in [-0.2, -0.15) is 0 Å². The maximum Gasteiger partial charge on any atom is 0.255 e. The first kappa shape index (κ1) is 18.6. The Morgan fingerprint density at radius 1 is 1.17 bits per heavy atom. The van der Waals surface area contributed by atoms with Crippen molar-refractivity contribution in [2.75, 3.05) is 12.8 Å². The minimum absolute atomic E-state index is 0.0407. The number of benzene rings is 1. The van der Waals surface area contributed by atoms with Crippen molar-refractivity contribution in [2.24, 2.45) is 0 Å². The maximum atomic E-state index is 12.6. The normalized spacial score (nSPS) is 11.3. The van der Waals surface area contributed by atoms with Crippen LogP contribution in [0.2, 0.25) is 0 Å². The summed E-state index contributed by atoms with van der Waals surface area (Å²) in [6.07, 6.45) is 3.53. The molecule has 3 heterocycles. The summed E-state index contributed by atoms with van der Waals surface area (Å²) in [5.74, 6) is 0.721. The summed E-state index contributed by atoms with van der Waals surface area (Å²) >= 11 is 0. The molecule has 148 valence electrons.